The number of aromatic nitrogens is 3. The summed E-state index contributed by atoms with van der Waals surface area (Å²) < 4.78 is 8.71. The number of hydrogen-bond acceptors (Lipinski definition) is 5. The summed E-state index contributed by atoms with van der Waals surface area (Å²) in [6, 6.07) is 51.4. The monoisotopic (exact) mass is 879 g/mol. The first kappa shape index (κ1) is 33.8. The minimum Gasteiger partial charge on any atom is -0.509 e. The van der Waals surface area contributed by atoms with Crippen LogP contribution in [0.4, 0.5) is 22.7 Å². The van der Waals surface area contributed by atoms with Gasteiger partial charge in [0, 0.05) is 61.8 Å². The molecule has 54 heavy (non-hydrogen) atoms. The number of pyridine rings is 2. The first-order valence-electron chi connectivity index (χ1n) is 17.8. The van der Waals surface area contributed by atoms with Gasteiger partial charge in [-0.3, -0.25) is 4.98 Å². The molecule has 1 aliphatic rings. The van der Waals surface area contributed by atoms with E-state index in [1.807, 2.05) is 48.9 Å². The molecule has 0 N–H and O–H groups in total. The van der Waals surface area contributed by atoms with Crippen molar-refractivity contribution in [3.8, 4) is 17.3 Å². The van der Waals surface area contributed by atoms with Crippen LogP contribution in [0.15, 0.2) is 146 Å². The molecule has 266 valence electrons. The second-order valence-corrected chi connectivity index (χ2v) is 14.5. The van der Waals surface area contributed by atoms with E-state index in [9.17, 15) is 0 Å². The molecule has 0 amide bonds. The van der Waals surface area contributed by atoms with Gasteiger partial charge in [-0.2, -0.15) is 12.1 Å². The Morgan fingerprint density at radius 3 is 2.28 bits per heavy atom. The van der Waals surface area contributed by atoms with E-state index in [0.29, 0.717) is 11.5 Å². The SMILES string of the molecule is CC(C)(C)c1ccnc(-n2c3[c-]c(Oc4[c-]c(N5[CH-]N(c6ccc7ccc8ccccc8c7c6)c6cnccc65)ccc4)ccc3c3ccccc32)c1.[Pt]. The van der Waals surface area contributed by atoms with Crippen molar-refractivity contribution in [2.45, 2.75) is 26.2 Å². The van der Waals surface area contributed by atoms with Crippen LogP contribution in [0.25, 0.3) is 49.2 Å². The second kappa shape index (κ2) is 13.2. The van der Waals surface area contributed by atoms with Crippen LogP contribution in [0.3, 0.4) is 0 Å². The van der Waals surface area contributed by atoms with Crippen molar-refractivity contribution in [1.29, 1.82) is 0 Å². The summed E-state index contributed by atoms with van der Waals surface area (Å²) in [5, 5.41) is 7.11. The van der Waals surface area contributed by atoms with Crippen LogP contribution in [-0.4, -0.2) is 14.5 Å². The largest absolute Gasteiger partial charge is 0.509 e. The molecule has 0 atom stereocenters. The van der Waals surface area contributed by atoms with E-state index < -0.39 is 0 Å². The Kier molecular flexibility index (Phi) is 8.24. The maximum absolute atomic E-state index is 6.53. The molecular formula is C47H34N5OPt-3. The molecule has 0 spiro atoms. The number of hydrogen-bond donors (Lipinski definition) is 0. The summed E-state index contributed by atoms with van der Waals surface area (Å²) in [5.74, 6) is 2.04. The molecule has 0 radical (unpaired) electrons. The van der Waals surface area contributed by atoms with Gasteiger partial charge in [0.15, 0.2) is 0 Å². The summed E-state index contributed by atoms with van der Waals surface area (Å²) in [5.41, 5.74) is 7.09. The maximum Gasteiger partial charge on any atom is 0.135 e. The van der Waals surface area contributed by atoms with Gasteiger partial charge in [-0.25, -0.2) is 4.98 Å². The summed E-state index contributed by atoms with van der Waals surface area (Å²) in [6.07, 6.45) is 5.63. The van der Waals surface area contributed by atoms with Gasteiger partial charge < -0.3 is 19.1 Å². The van der Waals surface area contributed by atoms with Gasteiger partial charge in [-0.05, 0) is 74.3 Å². The van der Waals surface area contributed by atoms with E-state index in [1.165, 1.54) is 27.1 Å². The van der Waals surface area contributed by atoms with Crippen LogP contribution in [-0.2, 0) is 26.5 Å². The second-order valence-electron chi connectivity index (χ2n) is 14.5. The Bertz CT molecular complexity index is 2870. The van der Waals surface area contributed by atoms with Crippen molar-refractivity contribution in [3.63, 3.8) is 0 Å². The normalized spacial score (nSPS) is 12.8. The number of rotatable bonds is 5. The van der Waals surface area contributed by atoms with Gasteiger partial charge in [0.05, 0.1) is 11.9 Å². The van der Waals surface area contributed by atoms with Crippen LogP contribution < -0.4 is 14.5 Å². The van der Waals surface area contributed by atoms with E-state index in [2.05, 4.69) is 156 Å². The molecule has 0 saturated heterocycles. The average Bonchev–Trinajstić information content (AvgIpc) is 3.74. The zero-order valence-electron chi connectivity index (χ0n) is 29.9. The zero-order chi connectivity index (χ0) is 35.7. The molecule has 9 aromatic rings. The van der Waals surface area contributed by atoms with Crippen molar-refractivity contribution in [2.75, 3.05) is 9.80 Å². The van der Waals surface area contributed by atoms with Crippen LogP contribution in [0.1, 0.15) is 26.3 Å². The molecule has 0 aliphatic carbocycles. The standard InChI is InChI=1S/C47H34N5O.Pt/c1-47(2,3)33-21-24-49-46(25-33)52-42-14-7-6-13-39(42)40-20-19-37(28-44(40)52)53-36-11-8-10-34(26-36)50-30-51(45-29-48-23-22-43(45)50)35-18-17-32-16-15-31-9-4-5-12-38(31)41(32)27-35;/h4-25,27,29-30H,1-3H3;/q-3;. The first-order valence-corrected chi connectivity index (χ1v) is 17.8. The molecule has 4 heterocycles. The first-order chi connectivity index (χ1) is 25.9. The minimum absolute atomic E-state index is 0. The van der Waals surface area contributed by atoms with Crippen molar-refractivity contribution in [1.82, 2.24) is 14.5 Å². The Morgan fingerprint density at radius 2 is 1.41 bits per heavy atom. The van der Waals surface area contributed by atoms with Crippen molar-refractivity contribution in [3.05, 3.63) is 170 Å². The summed E-state index contributed by atoms with van der Waals surface area (Å²) in [6.45, 7) is 8.76. The fraction of sp³-hybridized carbons (Fsp3) is 0.0851. The molecule has 1 aliphatic heterocycles. The number of benzene rings is 6. The molecule has 7 heteroatoms. The number of fused-ring (bicyclic) bond motifs is 7. The van der Waals surface area contributed by atoms with E-state index in [-0.39, 0.29) is 26.5 Å². The number of nitrogens with zero attached hydrogens (tertiary/aromatic N) is 5. The fourth-order valence-corrected chi connectivity index (χ4v) is 7.48. The van der Waals surface area contributed by atoms with E-state index >= 15 is 0 Å². The fourth-order valence-electron chi connectivity index (χ4n) is 7.48. The zero-order valence-corrected chi connectivity index (χ0v) is 32.2. The molecule has 0 bridgehead atoms. The summed E-state index contributed by atoms with van der Waals surface area (Å²) >= 11 is 0. The molecular weight excluding hydrogens is 846 g/mol. The quantitative estimate of drug-likeness (QED) is 0.127. The van der Waals surface area contributed by atoms with Gasteiger partial charge in [-0.15, -0.1) is 48.1 Å². The molecule has 0 saturated carbocycles. The van der Waals surface area contributed by atoms with Crippen LogP contribution >= 0.6 is 0 Å². The number of para-hydroxylation sites is 1. The van der Waals surface area contributed by atoms with Gasteiger partial charge in [0.1, 0.15) is 5.82 Å². The molecule has 6 nitrogen and oxygen atoms in total. The number of anilines is 4. The Morgan fingerprint density at radius 1 is 0.630 bits per heavy atom. The third kappa shape index (κ3) is 5.69. The van der Waals surface area contributed by atoms with Gasteiger partial charge in [-0.1, -0.05) is 87.0 Å². The Balaban J connectivity index is 0.00000384. The van der Waals surface area contributed by atoms with Crippen molar-refractivity contribution < 1.29 is 25.8 Å². The van der Waals surface area contributed by atoms with E-state index in [0.717, 1.165) is 50.4 Å². The predicted octanol–water partition coefficient (Wildman–Crippen LogP) is 12.0. The topological polar surface area (TPSA) is 46.4 Å². The Hall–Kier alpha value is -5.97. The predicted molar refractivity (Wildman–Crippen MR) is 216 cm³/mol. The third-order valence-corrected chi connectivity index (χ3v) is 10.2. The van der Waals surface area contributed by atoms with Gasteiger partial charge in [0.25, 0.3) is 0 Å². The van der Waals surface area contributed by atoms with E-state index in [4.69, 9.17) is 9.72 Å². The summed E-state index contributed by atoms with van der Waals surface area (Å²) in [4.78, 5) is 13.6. The summed E-state index contributed by atoms with van der Waals surface area (Å²) in [7, 11) is 0. The van der Waals surface area contributed by atoms with Crippen molar-refractivity contribution in [2.24, 2.45) is 0 Å². The maximum atomic E-state index is 6.53. The molecule has 0 unspecified atom stereocenters. The smallest absolute Gasteiger partial charge is 0.135 e. The van der Waals surface area contributed by atoms with Crippen molar-refractivity contribution >= 4 is 66.1 Å². The van der Waals surface area contributed by atoms with Crippen LogP contribution in [0, 0.1) is 18.8 Å². The van der Waals surface area contributed by atoms with E-state index in [1.54, 1.807) is 0 Å². The molecule has 10 rings (SSSR count). The number of ether oxygens (including phenoxy) is 1. The van der Waals surface area contributed by atoms with Crippen LogP contribution in [0.2, 0.25) is 0 Å². The van der Waals surface area contributed by atoms with Crippen LogP contribution in [0.5, 0.6) is 11.5 Å². The average molecular weight is 880 g/mol. The molecule has 3 aromatic heterocycles. The van der Waals surface area contributed by atoms with Gasteiger partial charge >= 0.3 is 0 Å². The minimum atomic E-state index is -0.0134. The molecule has 6 aromatic carbocycles. The Labute approximate surface area is 328 Å². The third-order valence-electron chi connectivity index (χ3n) is 10.2. The molecule has 0 fully saturated rings. The van der Waals surface area contributed by atoms with Gasteiger partial charge in [0.2, 0.25) is 0 Å².